The zero-order valence-corrected chi connectivity index (χ0v) is 13.6. The van der Waals surface area contributed by atoms with Crippen LogP contribution >= 0.6 is 0 Å². The van der Waals surface area contributed by atoms with E-state index in [-0.39, 0.29) is 0 Å². The number of fused-ring (bicyclic) bond motifs is 1. The minimum atomic E-state index is 0.299. The average molecular weight is 310 g/mol. The van der Waals surface area contributed by atoms with Gasteiger partial charge in [0.2, 0.25) is 6.79 Å². The maximum atomic E-state index is 5.64. The Balaban J connectivity index is 1.54. The van der Waals surface area contributed by atoms with Gasteiger partial charge in [-0.1, -0.05) is 13.3 Å². The van der Waals surface area contributed by atoms with E-state index in [0.717, 1.165) is 42.1 Å². The van der Waals surface area contributed by atoms with Crippen molar-refractivity contribution < 1.29 is 23.7 Å². The summed E-state index contributed by atoms with van der Waals surface area (Å²) in [5.41, 5.74) is 2.27. The van der Waals surface area contributed by atoms with Crippen LogP contribution in [0.1, 0.15) is 30.9 Å². The minimum absolute atomic E-state index is 0.299. The third kappa shape index (κ3) is 5.48. The van der Waals surface area contributed by atoms with Gasteiger partial charge in [0, 0.05) is 6.61 Å². The van der Waals surface area contributed by atoms with Gasteiger partial charge in [-0.05, 0) is 36.6 Å². The Morgan fingerprint density at radius 2 is 1.55 bits per heavy atom. The number of hydrogen-bond acceptors (Lipinski definition) is 5. The fraction of sp³-hybridized carbons (Fsp3) is 0.647. The van der Waals surface area contributed by atoms with E-state index in [0.29, 0.717) is 39.8 Å². The van der Waals surface area contributed by atoms with E-state index >= 15 is 0 Å². The summed E-state index contributed by atoms with van der Waals surface area (Å²) in [4.78, 5) is 0. The van der Waals surface area contributed by atoms with Gasteiger partial charge in [-0.2, -0.15) is 0 Å². The van der Waals surface area contributed by atoms with Crippen molar-refractivity contribution in [1.82, 2.24) is 0 Å². The highest BCUT2D eigenvalue weighted by atomic mass is 16.7. The van der Waals surface area contributed by atoms with E-state index in [2.05, 4.69) is 6.92 Å². The van der Waals surface area contributed by atoms with Gasteiger partial charge in [0.25, 0.3) is 0 Å². The molecule has 0 radical (unpaired) electrons. The van der Waals surface area contributed by atoms with Crippen LogP contribution in [0.15, 0.2) is 12.1 Å². The largest absolute Gasteiger partial charge is 0.454 e. The molecule has 1 aromatic rings. The van der Waals surface area contributed by atoms with Gasteiger partial charge in [0.05, 0.1) is 33.0 Å². The molecule has 0 fully saturated rings. The molecule has 0 spiro atoms. The first-order valence-electron chi connectivity index (χ1n) is 7.93. The van der Waals surface area contributed by atoms with Gasteiger partial charge in [-0.3, -0.25) is 0 Å². The average Bonchev–Trinajstić information content (AvgIpc) is 2.96. The number of benzene rings is 1. The molecule has 1 aliphatic rings. The third-order valence-electron chi connectivity index (χ3n) is 3.47. The van der Waals surface area contributed by atoms with Crippen LogP contribution in [0.25, 0.3) is 0 Å². The summed E-state index contributed by atoms with van der Waals surface area (Å²) >= 11 is 0. The molecular formula is C17H26O5. The van der Waals surface area contributed by atoms with E-state index in [1.807, 2.05) is 19.1 Å². The van der Waals surface area contributed by atoms with Crippen LogP contribution in [0.5, 0.6) is 11.5 Å². The van der Waals surface area contributed by atoms with E-state index in [1.165, 1.54) is 0 Å². The van der Waals surface area contributed by atoms with Crippen molar-refractivity contribution in [2.24, 2.45) is 0 Å². The Kier molecular flexibility index (Phi) is 7.49. The normalized spacial score (nSPS) is 12.8. The Hall–Kier alpha value is -1.30. The number of unbranched alkanes of at least 4 members (excludes halogenated alkanes) is 1. The second kappa shape index (κ2) is 9.66. The summed E-state index contributed by atoms with van der Waals surface area (Å²) in [6.07, 6.45) is 2.27. The third-order valence-corrected chi connectivity index (χ3v) is 3.47. The molecule has 0 saturated heterocycles. The molecule has 1 aliphatic heterocycles. The highest BCUT2D eigenvalue weighted by molar-refractivity contribution is 5.48. The summed E-state index contributed by atoms with van der Waals surface area (Å²) < 4.78 is 27.2. The summed E-state index contributed by atoms with van der Waals surface area (Å²) in [5.74, 6) is 1.61. The highest BCUT2D eigenvalue weighted by Gasteiger charge is 2.15. The summed E-state index contributed by atoms with van der Waals surface area (Å²) in [5, 5.41) is 0. The zero-order chi connectivity index (χ0) is 15.6. The molecule has 0 atom stereocenters. The van der Waals surface area contributed by atoms with Crippen molar-refractivity contribution in [2.45, 2.75) is 33.3 Å². The Bertz CT molecular complexity index is 447. The van der Waals surface area contributed by atoms with Gasteiger partial charge < -0.3 is 23.7 Å². The van der Waals surface area contributed by atoms with Crippen LogP contribution in [-0.4, -0.2) is 39.8 Å². The molecule has 0 amide bonds. The van der Waals surface area contributed by atoms with Crippen molar-refractivity contribution in [3.05, 3.63) is 23.3 Å². The quantitative estimate of drug-likeness (QED) is 0.588. The Labute approximate surface area is 132 Å². The predicted molar refractivity (Wildman–Crippen MR) is 83.5 cm³/mol. The number of hydrogen-bond donors (Lipinski definition) is 0. The summed E-state index contributed by atoms with van der Waals surface area (Å²) in [6.45, 7) is 8.30. The fourth-order valence-corrected chi connectivity index (χ4v) is 2.11. The fourth-order valence-electron chi connectivity index (χ4n) is 2.11. The first kappa shape index (κ1) is 17.1. The highest BCUT2D eigenvalue weighted by Crippen LogP contribution is 2.34. The zero-order valence-electron chi connectivity index (χ0n) is 13.6. The van der Waals surface area contributed by atoms with Crippen LogP contribution in [-0.2, 0) is 20.8 Å². The van der Waals surface area contributed by atoms with Crippen molar-refractivity contribution >= 4 is 0 Å². The predicted octanol–water partition coefficient (Wildman–Crippen LogP) is 3.07. The molecule has 124 valence electrons. The van der Waals surface area contributed by atoms with E-state index in [1.54, 1.807) is 0 Å². The topological polar surface area (TPSA) is 46.2 Å². The summed E-state index contributed by atoms with van der Waals surface area (Å²) in [7, 11) is 0. The molecule has 1 aromatic carbocycles. The van der Waals surface area contributed by atoms with Crippen molar-refractivity contribution in [2.75, 3.05) is 39.8 Å². The molecule has 2 rings (SSSR count). The van der Waals surface area contributed by atoms with E-state index < -0.39 is 0 Å². The van der Waals surface area contributed by atoms with Gasteiger partial charge in [-0.25, -0.2) is 0 Å². The van der Waals surface area contributed by atoms with Gasteiger partial charge >= 0.3 is 0 Å². The SMILES string of the molecule is CCCCOCCOCCOCc1cc2c(cc1C)OCO2. The van der Waals surface area contributed by atoms with Crippen LogP contribution in [0.2, 0.25) is 0 Å². The first-order chi connectivity index (χ1) is 10.8. The lowest BCUT2D eigenvalue weighted by molar-refractivity contribution is 0.0101. The van der Waals surface area contributed by atoms with Crippen LogP contribution in [0.3, 0.4) is 0 Å². The molecule has 5 heteroatoms. The molecule has 0 saturated carbocycles. The molecule has 0 aliphatic carbocycles. The van der Waals surface area contributed by atoms with Crippen LogP contribution in [0.4, 0.5) is 0 Å². The Morgan fingerprint density at radius 1 is 0.909 bits per heavy atom. The molecule has 22 heavy (non-hydrogen) atoms. The number of rotatable bonds is 11. The lowest BCUT2D eigenvalue weighted by atomic mass is 10.1. The second-order valence-corrected chi connectivity index (χ2v) is 5.26. The molecule has 1 heterocycles. The maximum absolute atomic E-state index is 5.64. The number of ether oxygens (including phenoxy) is 5. The maximum Gasteiger partial charge on any atom is 0.231 e. The molecular weight excluding hydrogens is 284 g/mol. The molecule has 0 N–H and O–H groups in total. The minimum Gasteiger partial charge on any atom is -0.454 e. The van der Waals surface area contributed by atoms with Crippen molar-refractivity contribution in [3.63, 3.8) is 0 Å². The second-order valence-electron chi connectivity index (χ2n) is 5.26. The monoisotopic (exact) mass is 310 g/mol. The Morgan fingerprint density at radius 3 is 2.27 bits per heavy atom. The van der Waals surface area contributed by atoms with E-state index in [9.17, 15) is 0 Å². The van der Waals surface area contributed by atoms with Crippen molar-refractivity contribution in [3.8, 4) is 11.5 Å². The number of aryl methyl sites for hydroxylation is 1. The van der Waals surface area contributed by atoms with Crippen LogP contribution in [0, 0.1) is 6.92 Å². The molecule has 5 nitrogen and oxygen atoms in total. The standard InChI is InChI=1S/C17H26O5/c1-3-4-5-18-6-7-19-8-9-20-12-15-11-17-16(10-14(15)2)21-13-22-17/h10-11H,3-9,12-13H2,1-2H3. The van der Waals surface area contributed by atoms with E-state index in [4.69, 9.17) is 23.7 Å². The molecule has 0 bridgehead atoms. The van der Waals surface area contributed by atoms with Gasteiger partial charge in [0.1, 0.15) is 0 Å². The lowest BCUT2D eigenvalue weighted by Crippen LogP contribution is -2.10. The lowest BCUT2D eigenvalue weighted by Gasteiger charge is -2.09. The van der Waals surface area contributed by atoms with Crippen LogP contribution < -0.4 is 9.47 Å². The van der Waals surface area contributed by atoms with Gasteiger partial charge in [0.15, 0.2) is 11.5 Å². The summed E-state index contributed by atoms with van der Waals surface area (Å²) in [6, 6.07) is 3.98. The molecule has 0 aromatic heterocycles. The van der Waals surface area contributed by atoms with Gasteiger partial charge in [-0.15, -0.1) is 0 Å². The smallest absolute Gasteiger partial charge is 0.231 e. The first-order valence-corrected chi connectivity index (χ1v) is 7.93. The molecule has 0 unspecified atom stereocenters. The van der Waals surface area contributed by atoms with Crippen molar-refractivity contribution in [1.29, 1.82) is 0 Å².